The molecule has 0 unspecified atom stereocenters. The minimum atomic E-state index is -0.780. The van der Waals surface area contributed by atoms with Crippen LogP contribution in [0.1, 0.15) is 10.4 Å². The Morgan fingerprint density at radius 3 is 2.74 bits per heavy atom. The van der Waals surface area contributed by atoms with E-state index in [2.05, 4.69) is 0 Å². The summed E-state index contributed by atoms with van der Waals surface area (Å²) in [6.07, 6.45) is -0.931. The number of hydrogen-bond acceptors (Lipinski definition) is 4. The number of carbonyl (C=O) groups is 2. The standard InChI is InChI=1S/C14H11FO4/c15-7-3-1-6(2-4-7)12(16)10-9-8-5-18-14(19-8)13(17)11(9)10/h1-4,8-11,14H,5H2/t8-,9+,10-,11+,14-/m1/s1. The predicted molar refractivity (Wildman–Crippen MR) is 60.8 cm³/mol. The highest BCUT2D eigenvalue weighted by Gasteiger charge is 2.68. The Kier molecular flexibility index (Phi) is 2.20. The van der Waals surface area contributed by atoms with E-state index in [4.69, 9.17) is 9.47 Å². The van der Waals surface area contributed by atoms with Crippen LogP contribution in [0.25, 0.3) is 0 Å². The summed E-state index contributed by atoms with van der Waals surface area (Å²) in [6, 6.07) is 5.43. The zero-order valence-electron chi connectivity index (χ0n) is 9.91. The largest absolute Gasteiger partial charge is 0.343 e. The molecule has 1 saturated carbocycles. The molecule has 4 rings (SSSR count). The highest BCUT2D eigenvalue weighted by molar-refractivity contribution is 6.05. The van der Waals surface area contributed by atoms with Crippen molar-refractivity contribution in [1.29, 1.82) is 0 Å². The fourth-order valence-corrected chi connectivity index (χ4v) is 3.24. The van der Waals surface area contributed by atoms with Crippen LogP contribution in [0.15, 0.2) is 24.3 Å². The first-order valence-corrected chi connectivity index (χ1v) is 6.27. The molecule has 5 heteroatoms. The first-order chi connectivity index (χ1) is 9.16. The molecular formula is C14H11FO4. The van der Waals surface area contributed by atoms with Crippen molar-refractivity contribution in [3.05, 3.63) is 35.6 Å². The van der Waals surface area contributed by atoms with E-state index in [0.717, 1.165) is 0 Å². The monoisotopic (exact) mass is 262 g/mol. The topological polar surface area (TPSA) is 52.6 Å². The lowest BCUT2D eigenvalue weighted by Crippen LogP contribution is -2.30. The molecular weight excluding hydrogens is 251 g/mol. The van der Waals surface area contributed by atoms with Crippen molar-refractivity contribution in [3.63, 3.8) is 0 Å². The third-order valence-electron chi connectivity index (χ3n) is 4.21. The molecule has 3 aliphatic rings. The van der Waals surface area contributed by atoms with E-state index in [-0.39, 0.29) is 41.2 Å². The smallest absolute Gasteiger partial charge is 0.218 e. The number of ether oxygens (including phenoxy) is 2. The van der Waals surface area contributed by atoms with Gasteiger partial charge in [0.2, 0.25) is 6.29 Å². The number of benzene rings is 1. The Bertz CT molecular complexity index is 567. The molecule has 0 N–H and O–H groups in total. The molecule has 2 heterocycles. The number of rotatable bonds is 2. The maximum absolute atomic E-state index is 12.8. The van der Waals surface area contributed by atoms with Gasteiger partial charge in [-0.15, -0.1) is 0 Å². The summed E-state index contributed by atoms with van der Waals surface area (Å²) in [5, 5.41) is 0. The summed E-state index contributed by atoms with van der Waals surface area (Å²) < 4.78 is 23.5. The minimum absolute atomic E-state index is 0.0659. The van der Waals surface area contributed by atoms with E-state index in [1.165, 1.54) is 24.3 Å². The Labute approximate surface area is 108 Å². The molecule has 1 aliphatic carbocycles. The first kappa shape index (κ1) is 11.3. The SMILES string of the molecule is O=C1[C@@H]2OC[C@@H](O2)[C@@H]2[C@H]1[C@@H]2C(=O)c1ccc(F)cc1. The molecule has 3 fully saturated rings. The van der Waals surface area contributed by atoms with Gasteiger partial charge in [-0.05, 0) is 24.3 Å². The molecule has 1 aromatic rings. The van der Waals surface area contributed by atoms with E-state index >= 15 is 0 Å². The summed E-state index contributed by atoms with van der Waals surface area (Å²) >= 11 is 0. The fourth-order valence-electron chi connectivity index (χ4n) is 3.24. The predicted octanol–water partition coefficient (Wildman–Crippen LogP) is 1.19. The lowest BCUT2D eigenvalue weighted by molar-refractivity contribution is -0.153. The Hall–Kier alpha value is -1.59. The molecule has 0 amide bonds. The number of hydrogen-bond donors (Lipinski definition) is 0. The molecule has 19 heavy (non-hydrogen) atoms. The number of ketones is 2. The van der Waals surface area contributed by atoms with Crippen molar-refractivity contribution in [2.24, 2.45) is 17.8 Å². The summed E-state index contributed by atoms with van der Waals surface area (Å²) in [6.45, 7) is 0.380. The van der Waals surface area contributed by atoms with Gasteiger partial charge in [-0.2, -0.15) is 0 Å². The van der Waals surface area contributed by atoms with Gasteiger partial charge >= 0.3 is 0 Å². The molecule has 5 atom stereocenters. The molecule has 2 aliphatic heterocycles. The van der Waals surface area contributed by atoms with Crippen LogP contribution in [-0.4, -0.2) is 30.6 Å². The summed E-state index contributed by atoms with van der Waals surface area (Å²) in [5.41, 5.74) is 0.449. The van der Waals surface area contributed by atoms with Gasteiger partial charge in [0.25, 0.3) is 0 Å². The van der Waals surface area contributed by atoms with Crippen molar-refractivity contribution >= 4 is 11.6 Å². The quantitative estimate of drug-likeness (QED) is 0.751. The van der Waals surface area contributed by atoms with Crippen molar-refractivity contribution in [1.82, 2.24) is 0 Å². The molecule has 2 saturated heterocycles. The van der Waals surface area contributed by atoms with Crippen molar-refractivity contribution < 1.29 is 23.5 Å². The van der Waals surface area contributed by atoms with Crippen molar-refractivity contribution in [2.75, 3.05) is 6.61 Å². The van der Waals surface area contributed by atoms with Gasteiger partial charge in [0, 0.05) is 23.3 Å². The van der Waals surface area contributed by atoms with Gasteiger partial charge in [0.15, 0.2) is 11.6 Å². The van der Waals surface area contributed by atoms with Gasteiger partial charge in [0.1, 0.15) is 5.82 Å². The highest BCUT2D eigenvalue weighted by Crippen LogP contribution is 2.57. The third-order valence-corrected chi connectivity index (χ3v) is 4.21. The van der Waals surface area contributed by atoms with Crippen LogP contribution in [0.2, 0.25) is 0 Å². The molecule has 98 valence electrons. The van der Waals surface area contributed by atoms with Gasteiger partial charge in [-0.25, -0.2) is 4.39 Å². The van der Waals surface area contributed by atoms with Crippen LogP contribution in [0.4, 0.5) is 4.39 Å². The van der Waals surface area contributed by atoms with E-state index in [1.807, 2.05) is 0 Å². The molecule has 0 spiro atoms. The van der Waals surface area contributed by atoms with E-state index in [9.17, 15) is 14.0 Å². The fraction of sp³-hybridized carbons (Fsp3) is 0.429. The van der Waals surface area contributed by atoms with Crippen molar-refractivity contribution in [3.8, 4) is 0 Å². The van der Waals surface area contributed by atoms with Gasteiger partial charge in [-0.1, -0.05) is 0 Å². The van der Waals surface area contributed by atoms with Crippen LogP contribution < -0.4 is 0 Å². The summed E-state index contributed by atoms with van der Waals surface area (Å²) in [7, 11) is 0. The van der Waals surface area contributed by atoms with Gasteiger partial charge in [-0.3, -0.25) is 9.59 Å². The zero-order valence-corrected chi connectivity index (χ0v) is 9.91. The van der Waals surface area contributed by atoms with Crippen molar-refractivity contribution in [2.45, 2.75) is 12.4 Å². The van der Waals surface area contributed by atoms with Crippen LogP contribution in [0, 0.1) is 23.6 Å². The lowest BCUT2D eigenvalue weighted by Gasteiger charge is -2.14. The second kappa shape index (κ2) is 3.71. The van der Waals surface area contributed by atoms with Crippen LogP contribution in [0.5, 0.6) is 0 Å². The van der Waals surface area contributed by atoms with E-state index in [0.29, 0.717) is 12.2 Å². The molecule has 0 radical (unpaired) electrons. The van der Waals surface area contributed by atoms with E-state index in [1.54, 1.807) is 0 Å². The second-order valence-electron chi connectivity index (χ2n) is 5.24. The average Bonchev–Trinajstić information content (AvgIpc) is 3.02. The normalized spacial score (nSPS) is 39.0. The number of Topliss-reactive ketones (excluding diaryl/α,β-unsaturated/α-hetero) is 2. The Balaban J connectivity index is 1.60. The summed E-state index contributed by atoms with van der Waals surface area (Å²) in [4.78, 5) is 24.3. The lowest BCUT2D eigenvalue weighted by atomic mass is 10.0. The minimum Gasteiger partial charge on any atom is -0.343 e. The zero-order chi connectivity index (χ0) is 13.1. The third kappa shape index (κ3) is 1.52. The number of halogens is 1. The average molecular weight is 262 g/mol. The second-order valence-corrected chi connectivity index (χ2v) is 5.24. The number of fused-ring (bicyclic) bond motifs is 4. The highest BCUT2D eigenvalue weighted by atomic mass is 19.1. The molecule has 1 aromatic carbocycles. The van der Waals surface area contributed by atoms with E-state index < -0.39 is 6.29 Å². The maximum atomic E-state index is 12.8. The first-order valence-electron chi connectivity index (χ1n) is 6.27. The van der Waals surface area contributed by atoms with Gasteiger partial charge in [0.05, 0.1) is 12.7 Å². The van der Waals surface area contributed by atoms with Crippen LogP contribution >= 0.6 is 0 Å². The van der Waals surface area contributed by atoms with Crippen LogP contribution in [-0.2, 0) is 14.3 Å². The van der Waals surface area contributed by atoms with Gasteiger partial charge < -0.3 is 9.47 Å². The molecule has 0 aromatic heterocycles. The maximum Gasteiger partial charge on any atom is 0.218 e. The Morgan fingerprint density at radius 1 is 1.26 bits per heavy atom. The molecule has 4 nitrogen and oxygen atoms in total. The van der Waals surface area contributed by atoms with Crippen LogP contribution in [0.3, 0.4) is 0 Å². The number of carbonyl (C=O) groups excluding carboxylic acids is 2. The Morgan fingerprint density at radius 2 is 2.00 bits per heavy atom. The summed E-state index contributed by atoms with van der Waals surface area (Å²) in [5.74, 6) is -1.26. The molecule has 2 bridgehead atoms.